The van der Waals surface area contributed by atoms with E-state index in [0.29, 0.717) is 35.6 Å². The molecule has 3 aromatic rings. The fourth-order valence-corrected chi connectivity index (χ4v) is 5.09. The van der Waals surface area contributed by atoms with Crippen LogP contribution < -0.4 is 14.4 Å². The first-order chi connectivity index (χ1) is 18.8. The Labute approximate surface area is 239 Å². The van der Waals surface area contributed by atoms with E-state index in [1.165, 1.54) is 24.2 Å². The SMILES string of the molecule is COC(=O)c1nc(OC[C@@H]2CCCN2C)nc(N(CCn2cc([N+](=O)[O-])cn2)Cc2ccc(OC)cc2)c1I. The standard InChI is InChI=1S/C25H30IN7O6/c1-30-10-4-5-18(30)16-39-25-28-22(24(34)38-3)21(26)23(29-25)31(14-17-6-8-20(37-2)9-7-17)11-12-32-15-19(13-27-32)33(35)36/h6-9,13,15,18H,4-5,10-12,14,16H2,1-3H3/t18-/m0/s1. The van der Waals surface area contributed by atoms with Gasteiger partial charge in [0, 0.05) is 19.1 Å². The summed E-state index contributed by atoms with van der Waals surface area (Å²) in [5.41, 5.74) is 0.979. The molecular weight excluding hydrogens is 621 g/mol. The monoisotopic (exact) mass is 651 g/mol. The van der Waals surface area contributed by atoms with Gasteiger partial charge in [0.25, 0.3) is 0 Å². The Morgan fingerprint density at radius 2 is 2.03 bits per heavy atom. The van der Waals surface area contributed by atoms with Crippen LogP contribution in [0.2, 0.25) is 0 Å². The van der Waals surface area contributed by atoms with Crippen LogP contribution in [0.4, 0.5) is 11.5 Å². The molecule has 3 heterocycles. The zero-order valence-electron chi connectivity index (χ0n) is 21.9. The van der Waals surface area contributed by atoms with Gasteiger partial charge >= 0.3 is 17.7 Å². The Balaban J connectivity index is 1.67. The second-order valence-electron chi connectivity index (χ2n) is 9.06. The van der Waals surface area contributed by atoms with E-state index in [2.05, 4.69) is 22.0 Å². The van der Waals surface area contributed by atoms with Crippen LogP contribution in [-0.2, 0) is 17.8 Å². The minimum atomic E-state index is -0.599. The van der Waals surface area contributed by atoms with Crippen molar-refractivity contribution in [3.63, 3.8) is 0 Å². The molecule has 14 heteroatoms. The van der Waals surface area contributed by atoms with Crippen molar-refractivity contribution >= 4 is 40.1 Å². The number of ether oxygens (including phenoxy) is 3. The van der Waals surface area contributed by atoms with Crippen molar-refractivity contribution in [3.05, 3.63) is 61.6 Å². The number of benzene rings is 1. The van der Waals surface area contributed by atoms with Gasteiger partial charge in [0.1, 0.15) is 24.8 Å². The maximum Gasteiger partial charge on any atom is 0.358 e. The van der Waals surface area contributed by atoms with Gasteiger partial charge in [0.15, 0.2) is 11.5 Å². The number of aromatic nitrogens is 4. The van der Waals surface area contributed by atoms with Gasteiger partial charge in [-0.25, -0.2) is 4.79 Å². The van der Waals surface area contributed by atoms with Crippen LogP contribution in [0.3, 0.4) is 0 Å². The summed E-state index contributed by atoms with van der Waals surface area (Å²) in [6.45, 7) is 2.53. The lowest BCUT2D eigenvalue weighted by atomic mass is 10.2. The maximum atomic E-state index is 12.7. The Morgan fingerprint density at radius 1 is 1.26 bits per heavy atom. The Kier molecular flexibility index (Phi) is 9.50. The summed E-state index contributed by atoms with van der Waals surface area (Å²) in [4.78, 5) is 36.5. The molecule has 0 saturated carbocycles. The van der Waals surface area contributed by atoms with Gasteiger partial charge < -0.3 is 24.0 Å². The highest BCUT2D eigenvalue weighted by atomic mass is 127. The summed E-state index contributed by atoms with van der Waals surface area (Å²) in [5.74, 6) is 0.613. The van der Waals surface area contributed by atoms with E-state index >= 15 is 0 Å². The van der Waals surface area contributed by atoms with Crippen LogP contribution >= 0.6 is 22.6 Å². The molecule has 1 atom stereocenters. The first kappa shape index (κ1) is 28.5. The predicted molar refractivity (Wildman–Crippen MR) is 150 cm³/mol. The summed E-state index contributed by atoms with van der Waals surface area (Å²) >= 11 is 2.04. The lowest BCUT2D eigenvalue weighted by molar-refractivity contribution is -0.385. The largest absolute Gasteiger partial charge is 0.497 e. The summed E-state index contributed by atoms with van der Waals surface area (Å²) in [7, 11) is 4.96. The van der Waals surface area contributed by atoms with Gasteiger partial charge in [-0.1, -0.05) is 12.1 Å². The Hall–Kier alpha value is -3.53. The fraction of sp³-hybridized carbons (Fsp3) is 0.440. The normalized spacial score (nSPS) is 15.2. The van der Waals surface area contributed by atoms with Gasteiger partial charge in [0.2, 0.25) is 0 Å². The molecule has 0 unspecified atom stereocenters. The first-order valence-electron chi connectivity index (χ1n) is 12.3. The average Bonchev–Trinajstić information content (AvgIpc) is 3.59. The number of nitro groups is 1. The molecule has 0 N–H and O–H groups in total. The van der Waals surface area contributed by atoms with Crippen LogP contribution in [0.15, 0.2) is 36.7 Å². The van der Waals surface area contributed by atoms with E-state index in [1.54, 1.807) is 7.11 Å². The van der Waals surface area contributed by atoms with E-state index in [1.807, 2.05) is 51.8 Å². The number of esters is 1. The second kappa shape index (κ2) is 13.0. The molecule has 1 aliphatic rings. The number of hydrogen-bond donors (Lipinski definition) is 0. The maximum absolute atomic E-state index is 12.7. The lowest BCUT2D eigenvalue weighted by Crippen LogP contribution is -2.32. The van der Waals surface area contributed by atoms with Crippen LogP contribution in [-0.4, -0.2) is 82.5 Å². The zero-order valence-corrected chi connectivity index (χ0v) is 24.1. The smallest absolute Gasteiger partial charge is 0.358 e. The molecule has 0 radical (unpaired) electrons. The van der Waals surface area contributed by atoms with Crippen molar-refractivity contribution in [2.24, 2.45) is 0 Å². The number of methoxy groups -OCH3 is 2. The number of halogens is 1. The highest BCUT2D eigenvalue weighted by Gasteiger charge is 2.26. The van der Waals surface area contributed by atoms with Crippen molar-refractivity contribution in [3.8, 4) is 11.8 Å². The number of carbonyl (C=O) groups excluding carboxylic acids is 1. The zero-order chi connectivity index (χ0) is 27.9. The second-order valence-corrected chi connectivity index (χ2v) is 10.1. The Bertz CT molecular complexity index is 1300. The molecule has 4 rings (SSSR count). The van der Waals surface area contributed by atoms with Gasteiger partial charge in [-0.3, -0.25) is 14.8 Å². The van der Waals surface area contributed by atoms with Crippen molar-refractivity contribution in [2.75, 3.05) is 45.9 Å². The number of rotatable bonds is 12. The van der Waals surface area contributed by atoms with Gasteiger partial charge in [0.05, 0.1) is 29.3 Å². The number of likely N-dealkylation sites (tertiary alicyclic amines) is 1. The lowest BCUT2D eigenvalue weighted by Gasteiger charge is -2.26. The summed E-state index contributed by atoms with van der Waals surface area (Å²) in [5, 5.41) is 15.2. The molecular formula is C25H30IN7O6. The van der Waals surface area contributed by atoms with E-state index in [0.717, 1.165) is 30.7 Å². The molecule has 208 valence electrons. The molecule has 0 amide bonds. The van der Waals surface area contributed by atoms with E-state index < -0.39 is 10.9 Å². The Morgan fingerprint density at radius 3 is 2.64 bits per heavy atom. The quantitative estimate of drug-likeness (QED) is 0.124. The van der Waals surface area contributed by atoms with E-state index in [9.17, 15) is 14.9 Å². The van der Waals surface area contributed by atoms with E-state index in [4.69, 9.17) is 19.2 Å². The summed E-state index contributed by atoms with van der Waals surface area (Å²) in [6.07, 6.45) is 4.70. The highest BCUT2D eigenvalue weighted by Crippen LogP contribution is 2.28. The van der Waals surface area contributed by atoms with Crippen molar-refractivity contribution in [2.45, 2.75) is 32.0 Å². The topological polar surface area (TPSA) is 138 Å². The molecule has 39 heavy (non-hydrogen) atoms. The molecule has 1 fully saturated rings. The summed E-state index contributed by atoms with van der Waals surface area (Å²) in [6, 6.07) is 7.92. The highest BCUT2D eigenvalue weighted by molar-refractivity contribution is 14.1. The average molecular weight is 651 g/mol. The molecule has 2 aromatic heterocycles. The fourth-order valence-electron chi connectivity index (χ4n) is 4.29. The molecule has 0 spiro atoms. The van der Waals surface area contributed by atoms with Crippen molar-refractivity contribution in [1.29, 1.82) is 0 Å². The minimum Gasteiger partial charge on any atom is -0.497 e. The summed E-state index contributed by atoms with van der Waals surface area (Å²) < 4.78 is 18.3. The minimum absolute atomic E-state index is 0.0839. The van der Waals surface area contributed by atoms with Gasteiger partial charge in [-0.2, -0.15) is 15.1 Å². The van der Waals surface area contributed by atoms with Gasteiger partial charge in [-0.15, -0.1) is 0 Å². The third-order valence-electron chi connectivity index (χ3n) is 6.53. The molecule has 0 aliphatic carbocycles. The molecule has 1 aliphatic heterocycles. The van der Waals surface area contributed by atoms with Crippen LogP contribution in [0.25, 0.3) is 0 Å². The third-order valence-corrected chi connectivity index (χ3v) is 7.52. The number of likely N-dealkylation sites (N-methyl/N-ethyl adjacent to an activating group) is 1. The van der Waals surface area contributed by atoms with Gasteiger partial charge in [-0.05, 0) is 66.7 Å². The number of carbonyl (C=O) groups is 1. The van der Waals surface area contributed by atoms with Crippen LogP contribution in [0.5, 0.6) is 11.8 Å². The first-order valence-corrected chi connectivity index (χ1v) is 13.4. The van der Waals surface area contributed by atoms with Crippen molar-refractivity contribution in [1.82, 2.24) is 24.6 Å². The molecule has 0 bridgehead atoms. The van der Waals surface area contributed by atoms with Crippen LogP contribution in [0, 0.1) is 13.7 Å². The molecule has 1 saturated heterocycles. The predicted octanol–water partition coefficient (Wildman–Crippen LogP) is 3.16. The van der Waals surface area contributed by atoms with Crippen molar-refractivity contribution < 1.29 is 23.9 Å². The number of nitrogens with zero attached hydrogens (tertiary/aromatic N) is 7. The molecule has 13 nitrogen and oxygen atoms in total. The number of hydrogen-bond acceptors (Lipinski definition) is 11. The number of anilines is 1. The third kappa shape index (κ3) is 7.11. The molecule has 1 aromatic carbocycles. The van der Waals surface area contributed by atoms with Crippen LogP contribution in [0.1, 0.15) is 28.9 Å². The van der Waals surface area contributed by atoms with E-state index in [-0.39, 0.29) is 23.4 Å².